The first kappa shape index (κ1) is 11.5. The second-order valence-electron chi connectivity index (χ2n) is 3.98. The first-order chi connectivity index (χ1) is 8.15. The number of amides is 1. The van der Waals surface area contributed by atoms with Crippen LogP contribution in [0.5, 0.6) is 0 Å². The number of carbonyl (C=O) groups excluding carboxylic acids is 1. The predicted octanol–water partition coefficient (Wildman–Crippen LogP) is -0.533. The first-order valence-electron chi connectivity index (χ1n) is 5.28. The average molecular weight is 235 g/mol. The molecule has 6 nitrogen and oxygen atoms in total. The summed E-state index contributed by atoms with van der Waals surface area (Å²) in [5.74, 6) is -1.25. The fraction of sp³-hybridized carbons (Fsp3) is 0.364. The lowest BCUT2D eigenvalue weighted by molar-refractivity contribution is -0.144. The Bertz CT molecular complexity index is 421. The molecular weight excluding hydrogens is 222 g/mol. The first-order valence-corrected chi connectivity index (χ1v) is 5.28. The zero-order chi connectivity index (χ0) is 12.3. The smallest absolute Gasteiger partial charge is 0.327 e. The van der Waals surface area contributed by atoms with Crippen molar-refractivity contribution >= 4 is 11.9 Å². The molecule has 1 unspecified atom stereocenters. The predicted molar refractivity (Wildman–Crippen MR) is 59.1 cm³/mol. The topological polar surface area (TPSA) is 82.5 Å². The van der Waals surface area contributed by atoms with Crippen LogP contribution in [0.3, 0.4) is 0 Å². The second-order valence-corrected chi connectivity index (χ2v) is 3.98. The molecule has 2 rings (SSSR count). The highest BCUT2D eigenvalue weighted by Gasteiger charge is 2.29. The van der Waals surface area contributed by atoms with Gasteiger partial charge in [0.25, 0.3) is 0 Å². The van der Waals surface area contributed by atoms with Crippen molar-refractivity contribution in [3.05, 3.63) is 30.1 Å². The van der Waals surface area contributed by atoms with E-state index < -0.39 is 12.0 Å². The number of carboxylic acid groups (broad SMARTS) is 1. The molecule has 1 aliphatic heterocycles. The van der Waals surface area contributed by atoms with Gasteiger partial charge in [-0.3, -0.25) is 14.7 Å². The van der Waals surface area contributed by atoms with Gasteiger partial charge in [0, 0.05) is 25.5 Å². The Hall–Kier alpha value is -1.95. The third kappa shape index (κ3) is 3.01. The molecule has 1 aromatic heterocycles. The minimum Gasteiger partial charge on any atom is -0.480 e. The number of nitrogens with zero attached hydrogens (tertiary/aromatic N) is 2. The van der Waals surface area contributed by atoms with Gasteiger partial charge < -0.3 is 10.4 Å². The zero-order valence-electron chi connectivity index (χ0n) is 9.17. The Labute approximate surface area is 98.3 Å². The summed E-state index contributed by atoms with van der Waals surface area (Å²) in [5, 5.41) is 11.3. The van der Waals surface area contributed by atoms with Gasteiger partial charge in [-0.25, -0.2) is 4.79 Å². The van der Waals surface area contributed by atoms with E-state index in [9.17, 15) is 9.59 Å². The SMILES string of the molecule is O=C1CN(Cc2ccncc2)CC(C(=O)O)N1. The summed E-state index contributed by atoms with van der Waals surface area (Å²) in [7, 11) is 0. The van der Waals surface area contributed by atoms with Gasteiger partial charge in [-0.15, -0.1) is 0 Å². The highest BCUT2D eigenvalue weighted by Crippen LogP contribution is 2.07. The van der Waals surface area contributed by atoms with Crippen LogP contribution in [0.4, 0.5) is 0 Å². The van der Waals surface area contributed by atoms with Gasteiger partial charge in [0.15, 0.2) is 0 Å². The molecule has 17 heavy (non-hydrogen) atoms. The van der Waals surface area contributed by atoms with Crippen molar-refractivity contribution in [3.8, 4) is 0 Å². The van der Waals surface area contributed by atoms with Crippen LogP contribution in [0.25, 0.3) is 0 Å². The maximum atomic E-state index is 11.4. The number of pyridine rings is 1. The number of rotatable bonds is 3. The van der Waals surface area contributed by atoms with Gasteiger partial charge in [-0.1, -0.05) is 0 Å². The quantitative estimate of drug-likeness (QED) is 0.735. The number of piperazine rings is 1. The average Bonchev–Trinajstić information content (AvgIpc) is 2.29. The van der Waals surface area contributed by atoms with Crippen LogP contribution in [-0.4, -0.2) is 46.0 Å². The van der Waals surface area contributed by atoms with Crippen molar-refractivity contribution in [1.82, 2.24) is 15.2 Å². The van der Waals surface area contributed by atoms with Crippen molar-refractivity contribution in [2.24, 2.45) is 0 Å². The molecule has 1 atom stereocenters. The molecule has 0 spiro atoms. The molecule has 0 saturated carbocycles. The standard InChI is InChI=1S/C11H13N3O3/c15-10-7-14(6-9(13-10)11(16)17)5-8-1-3-12-4-2-8/h1-4,9H,5-7H2,(H,13,15)(H,16,17). The van der Waals surface area contributed by atoms with Gasteiger partial charge in [0.1, 0.15) is 6.04 Å². The summed E-state index contributed by atoms with van der Waals surface area (Å²) < 4.78 is 0. The van der Waals surface area contributed by atoms with Crippen LogP contribution in [0.2, 0.25) is 0 Å². The summed E-state index contributed by atoms with van der Waals surface area (Å²) in [6, 6.07) is 2.88. The minimum atomic E-state index is -1.00. The minimum absolute atomic E-state index is 0.228. The Morgan fingerprint density at radius 3 is 2.88 bits per heavy atom. The number of aliphatic carboxylic acids is 1. The molecule has 1 saturated heterocycles. The fourth-order valence-electron chi connectivity index (χ4n) is 1.82. The summed E-state index contributed by atoms with van der Waals surface area (Å²) in [6.07, 6.45) is 3.35. The molecule has 1 aliphatic rings. The van der Waals surface area contributed by atoms with E-state index in [0.29, 0.717) is 13.1 Å². The third-order valence-corrected chi connectivity index (χ3v) is 2.60. The molecule has 0 aliphatic carbocycles. The number of carbonyl (C=O) groups is 2. The Kier molecular flexibility index (Phi) is 3.34. The molecule has 2 N–H and O–H groups in total. The van der Waals surface area contributed by atoms with E-state index in [-0.39, 0.29) is 12.5 Å². The number of hydrogen-bond donors (Lipinski definition) is 2. The molecule has 1 fully saturated rings. The molecular formula is C11H13N3O3. The summed E-state index contributed by atoms with van der Waals surface area (Å²) in [5.41, 5.74) is 1.01. The van der Waals surface area contributed by atoms with E-state index in [1.165, 1.54) is 0 Å². The van der Waals surface area contributed by atoms with Crippen LogP contribution in [0.1, 0.15) is 5.56 Å². The second kappa shape index (κ2) is 4.92. The van der Waals surface area contributed by atoms with E-state index in [0.717, 1.165) is 5.56 Å². The van der Waals surface area contributed by atoms with Gasteiger partial charge >= 0.3 is 5.97 Å². The van der Waals surface area contributed by atoms with Gasteiger partial charge in [0.2, 0.25) is 5.91 Å². The number of nitrogens with one attached hydrogen (secondary N) is 1. The molecule has 0 aromatic carbocycles. The van der Waals surface area contributed by atoms with Crippen molar-refractivity contribution in [3.63, 3.8) is 0 Å². The van der Waals surface area contributed by atoms with Crippen LogP contribution < -0.4 is 5.32 Å². The van der Waals surface area contributed by atoms with Gasteiger partial charge in [-0.05, 0) is 17.7 Å². The fourth-order valence-corrected chi connectivity index (χ4v) is 1.82. The van der Waals surface area contributed by atoms with E-state index >= 15 is 0 Å². The molecule has 90 valence electrons. The molecule has 2 heterocycles. The third-order valence-electron chi connectivity index (χ3n) is 2.60. The van der Waals surface area contributed by atoms with Crippen LogP contribution in [0.15, 0.2) is 24.5 Å². The Morgan fingerprint density at radius 2 is 2.24 bits per heavy atom. The van der Waals surface area contributed by atoms with E-state index in [2.05, 4.69) is 10.3 Å². The van der Waals surface area contributed by atoms with Crippen LogP contribution in [0, 0.1) is 0 Å². The van der Waals surface area contributed by atoms with E-state index in [1.807, 2.05) is 17.0 Å². The van der Waals surface area contributed by atoms with Crippen molar-refractivity contribution in [2.75, 3.05) is 13.1 Å². The van der Waals surface area contributed by atoms with E-state index in [4.69, 9.17) is 5.11 Å². The summed E-state index contributed by atoms with van der Waals surface area (Å²) >= 11 is 0. The maximum Gasteiger partial charge on any atom is 0.327 e. The number of hydrogen-bond acceptors (Lipinski definition) is 4. The van der Waals surface area contributed by atoms with Crippen LogP contribution in [-0.2, 0) is 16.1 Å². The molecule has 1 amide bonds. The summed E-state index contributed by atoms with van der Waals surface area (Å²) in [4.78, 5) is 27.9. The lowest BCUT2D eigenvalue weighted by atomic mass is 10.1. The monoisotopic (exact) mass is 235 g/mol. The van der Waals surface area contributed by atoms with Crippen molar-refractivity contribution < 1.29 is 14.7 Å². The molecule has 0 bridgehead atoms. The van der Waals surface area contributed by atoms with Crippen molar-refractivity contribution in [1.29, 1.82) is 0 Å². The summed E-state index contributed by atoms with van der Waals surface area (Å²) in [6.45, 7) is 1.11. The normalized spacial score (nSPS) is 20.9. The van der Waals surface area contributed by atoms with Crippen molar-refractivity contribution in [2.45, 2.75) is 12.6 Å². The number of carboxylic acids is 1. The van der Waals surface area contributed by atoms with Gasteiger partial charge in [0.05, 0.1) is 6.54 Å². The van der Waals surface area contributed by atoms with Gasteiger partial charge in [-0.2, -0.15) is 0 Å². The lowest BCUT2D eigenvalue weighted by Gasteiger charge is -2.30. The maximum absolute atomic E-state index is 11.4. The lowest BCUT2D eigenvalue weighted by Crippen LogP contribution is -2.56. The van der Waals surface area contributed by atoms with Crippen LogP contribution >= 0.6 is 0 Å². The highest BCUT2D eigenvalue weighted by atomic mass is 16.4. The molecule has 6 heteroatoms. The molecule has 0 radical (unpaired) electrons. The highest BCUT2D eigenvalue weighted by molar-refractivity contribution is 5.86. The Morgan fingerprint density at radius 1 is 1.53 bits per heavy atom. The Balaban J connectivity index is 2.01. The zero-order valence-corrected chi connectivity index (χ0v) is 9.17. The van der Waals surface area contributed by atoms with E-state index in [1.54, 1.807) is 12.4 Å². The largest absolute Gasteiger partial charge is 0.480 e. The number of aromatic nitrogens is 1. The molecule has 1 aromatic rings.